The van der Waals surface area contributed by atoms with Crippen molar-refractivity contribution in [2.24, 2.45) is 5.73 Å². The highest BCUT2D eigenvalue weighted by Crippen LogP contribution is 2.38. The number of thioether (sulfide) groups is 1. The number of fused-ring (bicyclic) bond motifs is 1. The van der Waals surface area contributed by atoms with E-state index in [4.69, 9.17) is 5.73 Å². The van der Waals surface area contributed by atoms with Gasteiger partial charge < -0.3 is 11.1 Å². The summed E-state index contributed by atoms with van der Waals surface area (Å²) in [6.07, 6.45) is 3.88. The lowest BCUT2D eigenvalue weighted by Gasteiger charge is -2.11. The molecule has 0 aliphatic heterocycles. The van der Waals surface area contributed by atoms with Crippen molar-refractivity contribution in [3.05, 3.63) is 76.7 Å². The summed E-state index contributed by atoms with van der Waals surface area (Å²) < 4.78 is 1.95. The molecule has 0 saturated heterocycles. The van der Waals surface area contributed by atoms with E-state index in [0.29, 0.717) is 21.5 Å². The maximum atomic E-state index is 12.9. The standard InChI is InChI=1S/C25H23N5O2S2/c26-22(32)21-18-13-7-8-14-19(18)34-24(21)27-20(31)15-33-25-29-28-23(16-9-3-1-4-10-16)30(25)17-11-5-2-6-12-17/h1-6,9-12H,7-8,13-15H2,(H2,26,32)(H,27,31). The first-order valence-electron chi connectivity index (χ1n) is 11.0. The largest absolute Gasteiger partial charge is 0.365 e. The van der Waals surface area contributed by atoms with Crippen molar-refractivity contribution in [2.45, 2.75) is 30.8 Å². The molecule has 4 aromatic rings. The fourth-order valence-electron chi connectivity index (χ4n) is 4.15. The van der Waals surface area contributed by atoms with Crippen LogP contribution in [0, 0.1) is 0 Å². The van der Waals surface area contributed by atoms with Gasteiger partial charge in [-0.2, -0.15) is 0 Å². The Balaban J connectivity index is 1.38. The van der Waals surface area contributed by atoms with Gasteiger partial charge in [-0.15, -0.1) is 21.5 Å². The van der Waals surface area contributed by atoms with E-state index in [1.165, 1.54) is 23.1 Å². The average molecular weight is 490 g/mol. The molecule has 7 nitrogen and oxygen atoms in total. The summed E-state index contributed by atoms with van der Waals surface area (Å²) in [5.41, 5.74) is 8.98. The molecule has 5 rings (SSSR count). The fraction of sp³-hybridized carbons (Fsp3) is 0.200. The number of anilines is 1. The molecule has 2 amide bonds. The van der Waals surface area contributed by atoms with E-state index in [1.54, 1.807) is 0 Å². The Morgan fingerprint density at radius 2 is 1.71 bits per heavy atom. The van der Waals surface area contributed by atoms with Gasteiger partial charge in [-0.3, -0.25) is 14.2 Å². The number of thiophene rings is 1. The van der Waals surface area contributed by atoms with E-state index < -0.39 is 5.91 Å². The van der Waals surface area contributed by atoms with Gasteiger partial charge in [0.1, 0.15) is 5.00 Å². The number of carbonyl (C=O) groups excluding carboxylic acids is 2. The van der Waals surface area contributed by atoms with Crippen LogP contribution < -0.4 is 11.1 Å². The molecule has 2 heterocycles. The monoisotopic (exact) mass is 489 g/mol. The fourth-order valence-corrected chi connectivity index (χ4v) is 6.22. The van der Waals surface area contributed by atoms with Crippen molar-refractivity contribution in [3.63, 3.8) is 0 Å². The predicted octanol–water partition coefficient (Wildman–Crippen LogP) is 4.70. The number of aromatic nitrogens is 3. The van der Waals surface area contributed by atoms with Gasteiger partial charge in [0.05, 0.1) is 11.3 Å². The highest BCUT2D eigenvalue weighted by molar-refractivity contribution is 7.99. The van der Waals surface area contributed by atoms with E-state index in [1.807, 2.05) is 65.2 Å². The van der Waals surface area contributed by atoms with Crippen LogP contribution in [0.3, 0.4) is 0 Å². The Morgan fingerprint density at radius 3 is 2.44 bits per heavy atom. The molecule has 172 valence electrons. The summed E-state index contributed by atoms with van der Waals surface area (Å²) in [6.45, 7) is 0. The van der Waals surface area contributed by atoms with E-state index in [0.717, 1.165) is 47.4 Å². The van der Waals surface area contributed by atoms with Gasteiger partial charge in [0, 0.05) is 16.1 Å². The molecule has 0 unspecified atom stereocenters. The number of nitrogens with zero attached hydrogens (tertiary/aromatic N) is 3. The second kappa shape index (κ2) is 9.82. The molecule has 0 bridgehead atoms. The first-order chi connectivity index (χ1) is 16.6. The first kappa shape index (κ1) is 22.4. The third kappa shape index (κ3) is 4.49. The number of primary amides is 1. The molecule has 3 N–H and O–H groups in total. The van der Waals surface area contributed by atoms with Crippen LogP contribution in [0.1, 0.15) is 33.6 Å². The van der Waals surface area contributed by atoms with Gasteiger partial charge in [-0.05, 0) is 43.4 Å². The number of rotatable bonds is 7. The Bertz CT molecular complexity index is 1330. The Hall–Kier alpha value is -3.43. The minimum Gasteiger partial charge on any atom is -0.365 e. The summed E-state index contributed by atoms with van der Waals surface area (Å²) in [7, 11) is 0. The maximum Gasteiger partial charge on any atom is 0.251 e. The van der Waals surface area contributed by atoms with E-state index >= 15 is 0 Å². The van der Waals surface area contributed by atoms with Crippen LogP contribution in [0.2, 0.25) is 0 Å². The molecule has 0 fully saturated rings. The highest BCUT2D eigenvalue weighted by atomic mass is 32.2. The Kier molecular flexibility index (Phi) is 6.46. The zero-order chi connectivity index (χ0) is 23.5. The van der Waals surface area contributed by atoms with Crippen LogP contribution >= 0.6 is 23.1 Å². The van der Waals surface area contributed by atoms with Gasteiger partial charge in [-0.1, -0.05) is 60.3 Å². The van der Waals surface area contributed by atoms with Crippen molar-refractivity contribution >= 4 is 39.9 Å². The molecule has 2 aromatic carbocycles. The van der Waals surface area contributed by atoms with Crippen molar-refractivity contribution in [1.82, 2.24) is 14.8 Å². The van der Waals surface area contributed by atoms with Crippen LogP contribution in [-0.4, -0.2) is 32.3 Å². The minimum atomic E-state index is -0.487. The van der Waals surface area contributed by atoms with Gasteiger partial charge in [-0.25, -0.2) is 0 Å². The molecule has 0 radical (unpaired) electrons. The van der Waals surface area contributed by atoms with Gasteiger partial charge in [0.15, 0.2) is 11.0 Å². The summed E-state index contributed by atoms with van der Waals surface area (Å²) >= 11 is 2.77. The number of hydrogen-bond donors (Lipinski definition) is 2. The van der Waals surface area contributed by atoms with Crippen LogP contribution in [0.15, 0.2) is 65.8 Å². The smallest absolute Gasteiger partial charge is 0.251 e. The quantitative estimate of drug-likeness (QED) is 0.366. The van der Waals surface area contributed by atoms with Crippen LogP contribution in [0.5, 0.6) is 0 Å². The van der Waals surface area contributed by atoms with E-state index in [2.05, 4.69) is 15.5 Å². The number of benzene rings is 2. The lowest BCUT2D eigenvalue weighted by Crippen LogP contribution is -2.19. The van der Waals surface area contributed by atoms with Crippen molar-refractivity contribution in [3.8, 4) is 17.1 Å². The molecular weight excluding hydrogens is 466 g/mol. The highest BCUT2D eigenvalue weighted by Gasteiger charge is 2.25. The second-order valence-electron chi connectivity index (χ2n) is 7.96. The lowest BCUT2D eigenvalue weighted by atomic mass is 9.95. The molecule has 2 aromatic heterocycles. The number of carbonyl (C=O) groups is 2. The van der Waals surface area contributed by atoms with E-state index in [9.17, 15) is 9.59 Å². The van der Waals surface area contributed by atoms with E-state index in [-0.39, 0.29) is 11.7 Å². The van der Waals surface area contributed by atoms with Crippen LogP contribution in [0.4, 0.5) is 5.00 Å². The summed E-state index contributed by atoms with van der Waals surface area (Å²) in [5.74, 6) is 0.130. The van der Waals surface area contributed by atoms with Gasteiger partial charge in [0.25, 0.3) is 5.91 Å². The van der Waals surface area contributed by atoms with Crippen molar-refractivity contribution in [2.75, 3.05) is 11.1 Å². The zero-order valence-corrected chi connectivity index (χ0v) is 20.0. The topological polar surface area (TPSA) is 103 Å². The van der Waals surface area contributed by atoms with Gasteiger partial charge >= 0.3 is 0 Å². The number of nitrogens with two attached hydrogens (primary N) is 1. The molecule has 34 heavy (non-hydrogen) atoms. The SMILES string of the molecule is NC(=O)c1c(NC(=O)CSc2nnc(-c3ccccc3)n2-c2ccccc2)sc2c1CCCC2. The Labute approximate surface area is 205 Å². The number of para-hydroxylation sites is 1. The number of amides is 2. The number of aryl methyl sites for hydroxylation is 1. The molecule has 0 saturated carbocycles. The average Bonchev–Trinajstić information content (AvgIpc) is 3.45. The molecule has 1 aliphatic rings. The summed E-state index contributed by atoms with van der Waals surface area (Å²) in [5, 5.41) is 12.9. The lowest BCUT2D eigenvalue weighted by molar-refractivity contribution is -0.113. The Morgan fingerprint density at radius 1 is 1.00 bits per heavy atom. The normalized spacial score (nSPS) is 12.8. The van der Waals surface area contributed by atoms with Crippen LogP contribution in [-0.2, 0) is 17.6 Å². The van der Waals surface area contributed by atoms with Gasteiger partial charge in [0.2, 0.25) is 5.91 Å². The van der Waals surface area contributed by atoms with Crippen molar-refractivity contribution < 1.29 is 9.59 Å². The minimum absolute atomic E-state index is 0.126. The van der Waals surface area contributed by atoms with Crippen LogP contribution in [0.25, 0.3) is 17.1 Å². The predicted molar refractivity (Wildman–Crippen MR) is 136 cm³/mol. The van der Waals surface area contributed by atoms with Crippen molar-refractivity contribution in [1.29, 1.82) is 0 Å². The third-order valence-electron chi connectivity index (χ3n) is 5.68. The second-order valence-corrected chi connectivity index (χ2v) is 10.0. The number of hydrogen-bond acceptors (Lipinski definition) is 6. The molecular formula is C25H23N5O2S2. The number of nitrogens with one attached hydrogen (secondary N) is 1. The molecule has 0 atom stereocenters. The first-order valence-corrected chi connectivity index (χ1v) is 12.9. The molecule has 1 aliphatic carbocycles. The zero-order valence-electron chi connectivity index (χ0n) is 18.4. The maximum absolute atomic E-state index is 12.9. The molecule has 9 heteroatoms. The summed E-state index contributed by atoms with van der Waals surface area (Å²) in [4.78, 5) is 26.1. The third-order valence-corrected chi connectivity index (χ3v) is 7.82. The summed E-state index contributed by atoms with van der Waals surface area (Å²) in [6, 6.07) is 19.6. The molecule has 0 spiro atoms.